The Hall–Kier alpha value is -2.63. The average Bonchev–Trinajstić information content (AvgIpc) is 3.14. The summed E-state index contributed by atoms with van der Waals surface area (Å²) in [4.78, 5) is 39.7. The number of carboxylic acids is 1. The molecular weight excluding hydrogens is 395 g/mol. The molecule has 0 spiro atoms. The minimum absolute atomic E-state index is 0.170. The van der Waals surface area contributed by atoms with E-state index < -0.39 is 18.2 Å². The van der Waals surface area contributed by atoms with Crippen molar-refractivity contribution < 1.29 is 32.7 Å². The van der Waals surface area contributed by atoms with Crippen LogP contribution < -0.4 is 16.4 Å². The van der Waals surface area contributed by atoms with Gasteiger partial charge in [-0.1, -0.05) is 26.2 Å². The number of hydrogen-bond donors (Lipinski definition) is 5. The summed E-state index contributed by atoms with van der Waals surface area (Å²) >= 11 is 0. The van der Waals surface area contributed by atoms with E-state index in [2.05, 4.69) is 27.5 Å². The van der Waals surface area contributed by atoms with Crippen molar-refractivity contribution in [2.45, 2.75) is 57.7 Å². The zero-order chi connectivity index (χ0) is 22.3. The Morgan fingerprint density at radius 3 is 2.41 bits per heavy atom. The second-order valence-electron chi connectivity index (χ2n) is 6.09. The summed E-state index contributed by atoms with van der Waals surface area (Å²) in [5, 5.41) is 12.7. The lowest BCUT2D eigenvalue weighted by Crippen LogP contribution is -2.48. The fraction of sp³-hybridized carbons (Fsp3) is 0.647. The first-order chi connectivity index (χ1) is 13.6. The number of hydrogen-bond acceptors (Lipinski definition) is 5. The summed E-state index contributed by atoms with van der Waals surface area (Å²) < 4.78 is 31.7. The Labute approximate surface area is 166 Å². The number of H-pyrrole nitrogens is 1. The molecule has 2 amide bonds. The predicted octanol–water partition coefficient (Wildman–Crippen LogP) is 1.12. The molecule has 9 nitrogen and oxygen atoms in total. The van der Waals surface area contributed by atoms with Crippen molar-refractivity contribution in [2.75, 3.05) is 13.1 Å². The third kappa shape index (κ3) is 13.2. The summed E-state index contributed by atoms with van der Waals surface area (Å²) in [6.07, 6.45) is 3.09. The van der Waals surface area contributed by atoms with Gasteiger partial charge >= 0.3 is 12.1 Å². The van der Waals surface area contributed by atoms with Crippen molar-refractivity contribution in [2.24, 2.45) is 5.73 Å². The molecule has 0 unspecified atom stereocenters. The van der Waals surface area contributed by atoms with Gasteiger partial charge in [0.15, 0.2) is 0 Å². The summed E-state index contributed by atoms with van der Waals surface area (Å²) in [6.45, 7) is 3.04. The van der Waals surface area contributed by atoms with Gasteiger partial charge in [0.2, 0.25) is 11.8 Å². The van der Waals surface area contributed by atoms with Gasteiger partial charge in [-0.3, -0.25) is 9.59 Å². The minimum atomic E-state index is -5.08. The van der Waals surface area contributed by atoms with Crippen LogP contribution in [0.15, 0.2) is 12.5 Å². The lowest BCUT2D eigenvalue weighted by atomic mass is 10.1. The van der Waals surface area contributed by atoms with E-state index in [1.165, 1.54) is 6.42 Å². The molecule has 1 aromatic heterocycles. The number of nitrogens with one attached hydrogen (secondary N) is 3. The summed E-state index contributed by atoms with van der Waals surface area (Å²) in [6, 6.07) is -0.606. The van der Waals surface area contributed by atoms with Crippen molar-refractivity contribution in [1.82, 2.24) is 20.6 Å². The quantitative estimate of drug-likeness (QED) is 0.337. The van der Waals surface area contributed by atoms with Gasteiger partial charge < -0.3 is 26.5 Å². The van der Waals surface area contributed by atoms with Gasteiger partial charge in [-0.05, 0) is 6.42 Å². The fourth-order valence-electron chi connectivity index (χ4n) is 2.11. The van der Waals surface area contributed by atoms with Crippen LogP contribution in [0.25, 0.3) is 0 Å². The van der Waals surface area contributed by atoms with E-state index >= 15 is 0 Å². The first-order valence-corrected chi connectivity index (χ1v) is 9.16. The molecule has 0 saturated carbocycles. The maximum atomic E-state index is 12.3. The second-order valence-corrected chi connectivity index (χ2v) is 6.09. The number of carbonyl (C=O) groups excluding carboxylic acids is 2. The number of imidazole rings is 1. The lowest BCUT2D eigenvalue weighted by Gasteiger charge is -2.18. The minimum Gasteiger partial charge on any atom is -0.475 e. The Morgan fingerprint density at radius 2 is 1.93 bits per heavy atom. The maximum Gasteiger partial charge on any atom is 0.490 e. The highest BCUT2D eigenvalue weighted by atomic mass is 19.4. The van der Waals surface area contributed by atoms with Crippen LogP contribution in [0.1, 0.15) is 44.7 Å². The van der Waals surface area contributed by atoms with Crippen molar-refractivity contribution in [3.8, 4) is 0 Å². The Bertz CT molecular complexity index is 609. The van der Waals surface area contributed by atoms with Crippen molar-refractivity contribution >= 4 is 17.8 Å². The number of nitrogens with two attached hydrogens (primary N) is 1. The molecule has 166 valence electrons. The number of carbonyl (C=O) groups is 3. The van der Waals surface area contributed by atoms with Crippen LogP contribution in [0.4, 0.5) is 13.2 Å². The van der Waals surface area contributed by atoms with E-state index in [4.69, 9.17) is 15.6 Å². The number of unbranched alkanes of at least 4 members (excludes halogenated alkanes) is 3. The first kappa shape index (κ1) is 26.4. The van der Waals surface area contributed by atoms with Gasteiger partial charge in [0, 0.05) is 37.8 Å². The molecular formula is C17H28F3N5O4. The van der Waals surface area contributed by atoms with E-state index in [0.717, 1.165) is 25.0 Å². The van der Waals surface area contributed by atoms with Gasteiger partial charge in [-0.15, -0.1) is 0 Å². The molecule has 1 rings (SSSR count). The van der Waals surface area contributed by atoms with Crippen LogP contribution in [-0.4, -0.2) is 58.2 Å². The van der Waals surface area contributed by atoms with Gasteiger partial charge in [0.25, 0.3) is 0 Å². The number of aromatic nitrogens is 2. The molecule has 0 radical (unpaired) electrons. The van der Waals surface area contributed by atoms with Gasteiger partial charge in [-0.25, -0.2) is 9.78 Å². The molecule has 1 aromatic rings. The number of amides is 2. The number of halogens is 3. The normalized spacial score (nSPS) is 11.8. The summed E-state index contributed by atoms with van der Waals surface area (Å²) in [5.74, 6) is -3.14. The third-order valence-electron chi connectivity index (χ3n) is 3.57. The van der Waals surface area contributed by atoms with Crippen LogP contribution in [0.5, 0.6) is 0 Å². The van der Waals surface area contributed by atoms with Crippen LogP contribution in [0.2, 0.25) is 0 Å². The Balaban J connectivity index is 0.000000956. The van der Waals surface area contributed by atoms with Gasteiger partial charge in [0.05, 0.1) is 6.33 Å². The summed E-state index contributed by atoms with van der Waals surface area (Å²) in [5.41, 5.74) is 6.17. The highest BCUT2D eigenvalue weighted by molar-refractivity contribution is 5.87. The largest absolute Gasteiger partial charge is 0.490 e. The molecule has 1 heterocycles. The number of rotatable bonds is 11. The second kappa shape index (κ2) is 14.4. The Morgan fingerprint density at radius 1 is 1.28 bits per heavy atom. The predicted molar refractivity (Wildman–Crippen MR) is 98.7 cm³/mol. The monoisotopic (exact) mass is 423 g/mol. The molecule has 12 heteroatoms. The van der Waals surface area contributed by atoms with Crippen LogP contribution >= 0.6 is 0 Å². The zero-order valence-electron chi connectivity index (χ0n) is 16.2. The standard InChI is InChI=1S/C15H27N5O2.C2HF3O2/c1-2-3-4-5-8-18-15(22)13(20-14(21)6-7-16)9-12-10-17-11-19-12;3-2(4,5)1(6)7/h10-11,13H,2-9,16H2,1H3,(H,17,19)(H,18,22)(H,20,21);(H,6,7)/t13-;/m0./s1. The summed E-state index contributed by atoms with van der Waals surface area (Å²) in [7, 11) is 0. The fourth-order valence-corrected chi connectivity index (χ4v) is 2.11. The Kier molecular flexibility index (Phi) is 13.1. The van der Waals surface area contributed by atoms with Crippen molar-refractivity contribution in [3.63, 3.8) is 0 Å². The van der Waals surface area contributed by atoms with Crippen LogP contribution in [-0.2, 0) is 20.8 Å². The van der Waals surface area contributed by atoms with E-state index in [0.29, 0.717) is 13.0 Å². The highest BCUT2D eigenvalue weighted by Gasteiger charge is 2.38. The molecule has 6 N–H and O–H groups in total. The molecule has 0 aliphatic heterocycles. The van der Waals surface area contributed by atoms with Crippen LogP contribution in [0, 0.1) is 0 Å². The molecule has 1 atom stereocenters. The number of carboxylic acid groups (broad SMARTS) is 1. The average molecular weight is 423 g/mol. The smallest absolute Gasteiger partial charge is 0.475 e. The molecule has 29 heavy (non-hydrogen) atoms. The number of aromatic amines is 1. The number of aliphatic carboxylic acids is 1. The molecule has 0 saturated heterocycles. The molecule has 0 aliphatic rings. The maximum absolute atomic E-state index is 12.3. The number of alkyl halides is 3. The first-order valence-electron chi connectivity index (χ1n) is 9.16. The van der Waals surface area contributed by atoms with E-state index in [9.17, 15) is 22.8 Å². The zero-order valence-corrected chi connectivity index (χ0v) is 16.2. The highest BCUT2D eigenvalue weighted by Crippen LogP contribution is 2.13. The topological polar surface area (TPSA) is 150 Å². The van der Waals surface area contributed by atoms with Crippen molar-refractivity contribution in [1.29, 1.82) is 0 Å². The molecule has 0 aromatic carbocycles. The van der Waals surface area contributed by atoms with E-state index in [1.807, 2.05) is 0 Å². The van der Waals surface area contributed by atoms with Crippen molar-refractivity contribution in [3.05, 3.63) is 18.2 Å². The molecule has 0 bridgehead atoms. The van der Waals surface area contributed by atoms with Crippen LogP contribution in [0.3, 0.4) is 0 Å². The number of nitrogens with zero attached hydrogens (tertiary/aromatic N) is 1. The third-order valence-corrected chi connectivity index (χ3v) is 3.57. The SMILES string of the molecule is CCCCCCNC(=O)[C@H](Cc1cnc[nH]1)NC(=O)CCN.O=C(O)C(F)(F)F. The van der Waals surface area contributed by atoms with E-state index in [-0.39, 0.29) is 24.8 Å². The van der Waals surface area contributed by atoms with Gasteiger partial charge in [-0.2, -0.15) is 13.2 Å². The van der Waals surface area contributed by atoms with Gasteiger partial charge in [0.1, 0.15) is 6.04 Å². The lowest BCUT2D eigenvalue weighted by molar-refractivity contribution is -0.192. The molecule has 0 aliphatic carbocycles. The molecule has 0 fully saturated rings. The van der Waals surface area contributed by atoms with E-state index in [1.54, 1.807) is 12.5 Å².